The smallest absolute Gasteiger partial charge is 0.0239 e. The average molecular weight is 204 g/mol. The highest BCUT2D eigenvalue weighted by Crippen LogP contribution is 2.33. The predicted molar refractivity (Wildman–Crippen MR) is 56.4 cm³/mol. The summed E-state index contributed by atoms with van der Waals surface area (Å²) in [5, 5.41) is 5.57. The van der Waals surface area contributed by atoms with E-state index >= 15 is 0 Å². The molecule has 1 nitrogen and oxygen atoms in total. The zero-order valence-corrected chi connectivity index (χ0v) is 9.02. The molecule has 1 atom stereocenters. The Balaban J connectivity index is 0.000000720. The van der Waals surface area contributed by atoms with Gasteiger partial charge in [-0.25, -0.2) is 0 Å². The molecule has 1 aliphatic carbocycles. The van der Waals surface area contributed by atoms with Crippen molar-refractivity contribution in [1.29, 1.82) is 0 Å². The van der Waals surface area contributed by atoms with Gasteiger partial charge in [0.05, 0.1) is 0 Å². The maximum absolute atomic E-state index is 3.38. The number of nitrogens with one attached hydrogen (secondary N) is 1. The third kappa shape index (κ3) is 1.51. The fourth-order valence-corrected chi connectivity index (χ4v) is 2.78. The first-order valence-corrected chi connectivity index (χ1v) is 4.86. The van der Waals surface area contributed by atoms with Gasteiger partial charge < -0.3 is 5.32 Å². The van der Waals surface area contributed by atoms with Gasteiger partial charge in [0.25, 0.3) is 0 Å². The number of likely N-dealkylation sites (N-methyl/N-ethyl adjacent to an activating group) is 1. The van der Waals surface area contributed by atoms with Crippen molar-refractivity contribution in [3.63, 3.8) is 0 Å². The molecule has 12 heavy (non-hydrogen) atoms. The second kappa shape index (κ2) is 3.36. The molecule has 3 heteroatoms. The number of fused-ring (bicyclic) bond motifs is 1. The van der Waals surface area contributed by atoms with Gasteiger partial charge in [0.2, 0.25) is 0 Å². The van der Waals surface area contributed by atoms with Gasteiger partial charge in [-0.1, -0.05) is 0 Å². The van der Waals surface area contributed by atoms with Gasteiger partial charge in [0.1, 0.15) is 0 Å². The van der Waals surface area contributed by atoms with Gasteiger partial charge in [-0.2, -0.15) is 0 Å². The number of halogens is 1. The van der Waals surface area contributed by atoms with E-state index < -0.39 is 0 Å². The van der Waals surface area contributed by atoms with Crippen LogP contribution in [-0.2, 0) is 12.8 Å². The summed E-state index contributed by atoms with van der Waals surface area (Å²) in [5.41, 5.74) is 1.88. The summed E-state index contributed by atoms with van der Waals surface area (Å²) in [4.78, 5) is 1.57. The van der Waals surface area contributed by atoms with Crippen LogP contribution in [0.25, 0.3) is 0 Å². The van der Waals surface area contributed by atoms with Crippen molar-refractivity contribution in [3.05, 3.63) is 21.9 Å². The summed E-state index contributed by atoms with van der Waals surface area (Å²) in [7, 11) is 2.05. The normalized spacial score (nSPS) is 26.5. The van der Waals surface area contributed by atoms with Crippen molar-refractivity contribution in [2.24, 2.45) is 0 Å². The summed E-state index contributed by atoms with van der Waals surface area (Å²) < 4.78 is 0. The van der Waals surface area contributed by atoms with Crippen LogP contribution in [0.2, 0.25) is 0 Å². The monoisotopic (exact) mass is 203 g/mol. The SMILES string of the molecule is CNC1(C)Cc2ccsc2C1.Cl. The van der Waals surface area contributed by atoms with Crippen LogP contribution in [0.15, 0.2) is 11.4 Å². The minimum absolute atomic E-state index is 0. The Morgan fingerprint density at radius 2 is 2.25 bits per heavy atom. The highest BCUT2D eigenvalue weighted by atomic mass is 35.5. The molecule has 0 saturated heterocycles. The van der Waals surface area contributed by atoms with Crippen molar-refractivity contribution in [2.75, 3.05) is 7.05 Å². The molecule has 1 aliphatic rings. The highest BCUT2D eigenvalue weighted by Gasteiger charge is 2.31. The molecule has 0 radical (unpaired) electrons. The summed E-state index contributed by atoms with van der Waals surface area (Å²) in [6.07, 6.45) is 2.40. The van der Waals surface area contributed by atoms with Gasteiger partial charge in [-0.3, -0.25) is 0 Å². The quantitative estimate of drug-likeness (QED) is 0.739. The van der Waals surface area contributed by atoms with Crippen molar-refractivity contribution in [3.8, 4) is 0 Å². The van der Waals surface area contributed by atoms with Crippen LogP contribution in [0.1, 0.15) is 17.4 Å². The predicted octanol–water partition coefficient (Wildman–Crippen LogP) is 2.25. The number of hydrogen-bond donors (Lipinski definition) is 1. The molecule has 0 fully saturated rings. The van der Waals surface area contributed by atoms with E-state index in [1.807, 2.05) is 11.3 Å². The van der Waals surface area contributed by atoms with E-state index in [1.54, 1.807) is 10.4 Å². The van der Waals surface area contributed by atoms with Crippen LogP contribution < -0.4 is 5.32 Å². The molecule has 0 saturated carbocycles. The van der Waals surface area contributed by atoms with Gasteiger partial charge >= 0.3 is 0 Å². The van der Waals surface area contributed by atoms with E-state index in [4.69, 9.17) is 0 Å². The molecular weight excluding hydrogens is 190 g/mol. The molecule has 0 bridgehead atoms. The number of thiophene rings is 1. The first-order valence-electron chi connectivity index (χ1n) is 3.98. The zero-order chi connectivity index (χ0) is 7.90. The van der Waals surface area contributed by atoms with Gasteiger partial charge in [0.15, 0.2) is 0 Å². The van der Waals surface area contributed by atoms with Crippen LogP contribution >= 0.6 is 23.7 Å². The van der Waals surface area contributed by atoms with Crippen LogP contribution in [0.3, 0.4) is 0 Å². The molecule has 1 aromatic rings. The molecule has 1 unspecified atom stereocenters. The van der Waals surface area contributed by atoms with Crippen molar-refractivity contribution < 1.29 is 0 Å². The molecule has 1 aromatic heterocycles. The molecule has 2 rings (SSSR count). The third-order valence-electron chi connectivity index (χ3n) is 2.57. The molecule has 1 N–H and O–H groups in total. The molecule has 68 valence electrons. The Labute approximate surface area is 83.6 Å². The van der Waals surface area contributed by atoms with Crippen LogP contribution in [-0.4, -0.2) is 12.6 Å². The minimum atomic E-state index is 0. The highest BCUT2D eigenvalue weighted by molar-refractivity contribution is 7.10. The second-order valence-corrected chi connectivity index (χ2v) is 4.53. The molecule has 0 aliphatic heterocycles. The Hall–Kier alpha value is -0.0500. The summed E-state index contributed by atoms with van der Waals surface area (Å²) in [6.45, 7) is 2.29. The fourth-order valence-electron chi connectivity index (χ4n) is 1.69. The maximum atomic E-state index is 3.38. The van der Waals surface area contributed by atoms with Crippen LogP contribution in [0.5, 0.6) is 0 Å². The summed E-state index contributed by atoms with van der Waals surface area (Å²) in [5.74, 6) is 0. The van der Waals surface area contributed by atoms with E-state index in [-0.39, 0.29) is 12.4 Å². The van der Waals surface area contributed by atoms with Crippen molar-refractivity contribution >= 4 is 23.7 Å². The number of hydrogen-bond acceptors (Lipinski definition) is 2. The molecule has 0 spiro atoms. The van der Waals surface area contributed by atoms with Crippen LogP contribution in [0.4, 0.5) is 0 Å². The minimum Gasteiger partial charge on any atom is -0.314 e. The maximum Gasteiger partial charge on any atom is 0.0239 e. The fraction of sp³-hybridized carbons (Fsp3) is 0.556. The Morgan fingerprint density at radius 3 is 2.83 bits per heavy atom. The van der Waals surface area contributed by atoms with Crippen molar-refractivity contribution in [2.45, 2.75) is 25.3 Å². The molecule has 0 aromatic carbocycles. The van der Waals surface area contributed by atoms with E-state index in [2.05, 4.69) is 30.7 Å². The largest absolute Gasteiger partial charge is 0.314 e. The molecular formula is C9H14ClNS. The van der Waals surface area contributed by atoms with E-state index in [0.29, 0.717) is 5.54 Å². The first-order chi connectivity index (χ1) is 5.23. The van der Waals surface area contributed by atoms with E-state index in [0.717, 1.165) is 0 Å². The lowest BCUT2D eigenvalue weighted by molar-refractivity contribution is 0.407. The topological polar surface area (TPSA) is 12.0 Å². The lowest BCUT2D eigenvalue weighted by Gasteiger charge is -2.22. The standard InChI is InChI=1S/C9H13NS.ClH/c1-9(10-2)5-7-3-4-11-8(7)6-9;/h3-4,10H,5-6H2,1-2H3;1H. The Kier molecular flexibility index (Phi) is 2.81. The van der Waals surface area contributed by atoms with Crippen LogP contribution in [0, 0.1) is 0 Å². The van der Waals surface area contributed by atoms with Gasteiger partial charge in [-0.15, -0.1) is 23.7 Å². The lowest BCUT2D eigenvalue weighted by atomic mass is 10.00. The summed E-state index contributed by atoms with van der Waals surface area (Å²) >= 11 is 1.89. The molecule has 1 heterocycles. The van der Waals surface area contributed by atoms with Gasteiger partial charge in [0, 0.05) is 16.8 Å². The number of rotatable bonds is 1. The van der Waals surface area contributed by atoms with Crippen molar-refractivity contribution in [1.82, 2.24) is 5.32 Å². The van der Waals surface area contributed by atoms with Gasteiger partial charge in [-0.05, 0) is 37.4 Å². The Morgan fingerprint density at radius 1 is 1.50 bits per heavy atom. The molecule has 0 amide bonds. The Bertz CT molecular complexity index is 249. The first kappa shape index (κ1) is 10.0. The second-order valence-electron chi connectivity index (χ2n) is 3.53. The summed E-state index contributed by atoms with van der Waals surface area (Å²) in [6, 6.07) is 2.25. The zero-order valence-electron chi connectivity index (χ0n) is 7.39. The van der Waals surface area contributed by atoms with E-state index in [9.17, 15) is 0 Å². The lowest BCUT2D eigenvalue weighted by Crippen LogP contribution is -2.40. The third-order valence-corrected chi connectivity index (χ3v) is 3.54. The average Bonchev–Trinajstić information content (AvgIpc) is 2.46. The van der Waals surface area contributed by atoms with E-state index in [1.165, 1.54) is 12.8 Å².